The Morgan fingerprint density at radius 2 is 2.13 bits per heavy atom. The van der Waals surface area contributed by atoms with Gasteiger partial charge in [0.2, 0.25) is 0 Å². The Bertz CT molecular complexity index is 356. The number of carbonyl (C=O) groups is 1. The van der Waals surface area contributed by atoms with Gasteiger partial charge in [0, 0.05) is 7.11 Å². The molecule has 0 saturated heterocycles. The van der Waals surface area contributed by atoms with E-state index in [1.807, 2.05) is 24.3 Å². The molecule has 1 saturated carbocycles. The van der Waals surface area contributed by atoms with E-state index in [0.717, 1.165) is 17.5 Å². The van der Waals surface area contributed by atoms with E-state index < -0.39 is 5.97 Å². The van der Waals surface area contributed by atoms with Gasteiger partial charge in [-0.15, -0.1) is 0 Å². The third-order valence-corrected chi connectivity index (χ3v) is 2.83. The van der Waals surface area contributed by atoms with E-state index in [1.54, 1.807) is 7.11 Å². The van der Waals surface area contributed by atoms with Crippen molar-refractivity contribution in [3.05, 3.63) is 35.4 Å². The molecule has 15 heavy (non-hydrogen) atoms. The zero-order valence-corrected chi connectivity index (χ0v) is 8.64. The van der Waals surface area contributed by atoms with Gasteiger partial charge in [0.15, 0.2) is 0 Å². The van der Waals surface area contributed by atoms with Crippen LogP contribution in [0.1, 0.15) is 23.5 Å². The van der Waals surface area contributed by atoms with E-state index >= 15 is 0 Å². The molecule has 3 heteroatoms. The predicted octanol–water partition coefficient (Wildman–Crippen LogP) is 2.02. The molecule has 0 amide bonds. The second kappa shape index (κ2) is 4.03. The molecule has 1 aliphatic carbocycles. The molecule has 1 aromatic carbocycles. The molecular weight excluding hydrogens is 192 g/mol. The summed E-state index contributed by atoms with van der Waals surface area (Å²) in [4.78, 5) is 10.7. The lowest BCUT2D eigenvalue weighted by Crippen LogP contribution is -1.99. The maximum Gasteiger partial charge on any atom is 0.307 e. The molecule has 0 spiro atoms. The van der Waals surface area contributed by atoms with Crippen molar-refractivity contribution in [1.82, 2.24) is 0 Å². The quantitative estimate of drug-likeness (QED) is 0.819. The van der Waals surface area contributed by atoms with Gasteiger partial charge in [-0.25, -0.2) is 0 Å². The van der Waals surface area contributed by atoms with Gasteiger partial charge < -0.3 is 9.84 Å². The van der Waals surface area contributed by atoms with Gasteiger partial charge in [-0.05, 0) is 23.5 Å². The molecule has 1 aromatic rings. The van der Waals surface area contributed by atoms with Crippen LogP contribution in [0.25, 0.3) is 0 Å². The van der Waals surface area contributed by atoms with Crippen LogP contribution in [0.4, 0.5) is 0 Å². The van der Waals surface area contributed by atoms with Gasteiger partial charge in [0.1, 0.15) is 0 Å². The lowest BCUT2D eigenvalue weighted by Gasteiger charge is -2.02. The first-order chi connectivity index (χ1) is 7.22. The van der Waals surface area contributed by atoms with Crippen LogP contribution in [-0.2, 0) is 16.1 Å². The van der Waals surface area contributed by atoms with Crippen LogP contribution in [0.2, 0.25) is 0 Å². The second-order valence-corrected chi connectivity index (χ2v) is 3.96. The number of rotatable bonds is 4. The van der Waals surface area contributed by atoms with Crippen molar-refractivity contribution in [3.63, 3.8) is 0 Å². The average molecular weight is 206 g/mol. The normalized spacial score (nSPS) is 23.8. The molecule has 3 nitrogen and oxygen atoms in total. The summed E-state index contributed by atoms with van der Waals surface area (Å²) < 4.78 is 5.01. The molecule has 0 bridgehead atoms. The molecule has 1 fully saturated rings. The van der Waals surface area contributed by atoms with Gasteiger partial charge in [-0.3, -0.25) is 4.79 Å². The lowest BCUT2D eigenvalue weighted by atomic mass is 10.1. The van der Waals surface area contributed by atoms with Crippen molar-refractivity contribution in [2.45, 2.75) is 18.9 Å². The molecular formula is C12H14O3. The number of carboxylic acids is 1. The summed E-state index contributed by atoms with van der Waals surface area (Å²) in [5.74, 6) is -0.627. The number of aliphatic carboxylic acids is 1. The number of ether oxygens (including phenoxy) is 1. The number of hydrogen-bond acceptors (Lipinski definition) is 2. The number of hydrogen-bond donors (Lipinski definition) is 1. The Morgan fingerprint density at radius 3 is 2.60 bits per heavy atom. The zero-order chi connectivity index (χ0) is 10.8. The SMILES string of the molecule is COCc1ccc(C2CC2C(=O)O)cc1. The molecule has 0 aliphatic heterocycles. The fourth-order valence-corrected chi connectivity index (χ4v) is 1.86. The van der Waals surface area contributed by atoms with Crippen molar-refractivity contribution in [1.29, 1.82) is 0 Å². The summed E-state index contributed by atoms with van der Waals surface area (Å²) >= 11 is 0. The summed E-state index contributed by atoms with van der Waals surface area (Å²) in [6.07, 6.45) is 0.777. The first-order valence-corrected chi connectivity index (χ1v) is 5.03. The van der Waals surface area contributed by atoms with E-state index in [9.17, 15) is 4.79 Å². The number of carboxylic acid groups (broad SMARTS) is 1. The highest BCUT2D eigenvalue weighted by Crippen LogP contribution is 2.47. The number of methoxy groups -OCH3 is 1. The van der Waals surface area contributed by atoms with Gasteiger partial charge >= 0.3 is 5.97 Å². The van der Waals surface area contributed by atoms with Gasteiger partial charge in [-0.2, -0.15) is 0 Å². The summed E-state index contributed by atoms with van der Waals surface area (Å²) in [6.45, 7) is 0.604. The molecule has 2 atom stereocenters. The standard InChI is InChI=1S/C12H14O3/c1-15-7-8-2-4-9(5-3-8)10-6-11(10)12(13)14/h2-5,10-11H,6-7H2,1H3,(H,13,14). The molecule has 0 radical (unpaired) electrons. The van der Waals surface area contributed by atoms with Crippen LogP contribution < -0.4 is 0 Å². The highest BCUT2D eigenvalue weighted by atomic mass is 16.5. The molecule has 0 heterocycles. The van der Waals surface area contributed by atoms with E-state index in [-0.39, 0.29) is 11.8 Å². The largest absolute Gasteiger partial charge is 0.481 e. The van der Waals surface area contributed by atoms with E-state index in [4.69, 9.17) is 9.84 Å². The van der Waals surface area contributed by atoms with Gasteiger partial charge in [0.05, 0.1) is 12.5 Å². The lowest BCUT2D eigenvalue weighted by molar-refractivity contribution is -0.138. The molecule has 1 aliphatic rings. The fourth-order valence-electron chi connectivity index (χ4n) is 1.86. The van der Waals surface area contributed by atoms with Gasteiger partial charge in [0.25, 0.3) is 0 Å². The van der Waals surface area contributed by atoms with Crippen molar-refractivity contribution < 1.29 is 14.6 Å². The van der Waals surface area contributed by atoms with Crippen LogP contribution in [0.5, 0.6) is 0 Å². The molecule has 0 aromatic heterocycles. The topological polar surface area (TPSA) is 46.5 Å². The Labute approximate surface area is 88.7 Å². The number of benzene rings is 1. The zero-order valence-electron chi connectivity index (χ0n) is 8.64. The minimum atomic E-state index is -0.680. The van der Waals surface area contributed by atoms with Gasteiger partial charge in [-0.1, -0.05) is 24.3 Å². The van der Waals surface area contributed by atoms with Crippen LogP contribution in [0.3, 0.4) is 0 Å². The Morgan fingerprint density at radius 1 is 1.47 bits per heavy atom. The summed E-state index contributed by atoms with van der Waals surface area (Å²) in [7, 11) is 1.66. The third-order valence-electron chi connectivity index (χ3n) is 2.83. The van der Waals surface area contributed by atoms with Crippen molar-refractivity contribution in [3.8, 4) is 0 Å². The summed E-state index contributed by atoms with van der Waals surface area (Å²) in [5.41, 5.74) is 2.25. The van der Waals surface area contributed by atoms with Crippen molar-refractivity contribution >= 4 is 5.97 Å². The summed E-state index contributed by atoms with van der Waals surface area (Å²) in [6, 6.07) is 8.00. The predicted molar refractivity (Wildman–Crippen MR) is 55.6 cm³/mol. The third kappa shape index (κ3) is 2.18. The van der Waals surface area contributed by atoms with Crippen LogP contribution >= 0.6 is 0 Å². The monoisotopic (exact) mass is 206 g/mol. The smallest absolute Gasteiger partial charge is 0.307 e. The Kier molecular flexibility index (Phi) is 2.73. The molecule has 1 N–H and O–H groups in total. The minimum Gasteiger partial charge on any atom is -0.481 e. The minimum absolute atomic E-state index is 0.168. The van der Waals surface area contributed by atoms with E-state index in [2.05, 4.69) is 0 Å². The first-order valence-electron chi connectivity index (χ1n) is 5.03. The molecule has 2 rings (SSSR count). The Hall–Kier alpha value is -1.35. The fraction of sp³-hybridized carbons (Fsp3) is 0.417. The molecule has 80 valence electrons. The van der Waals surface area contributed by atoms with Crippen molar-refractivity contribution in [2.75, 3.05) is 7.11 Å². The summed E-state index contributed by atoms with van der Waals surface area (Å²) in [5, 5.41) is 8.80. The van der Waals surface area contributed by atoms with Crippen molar-refractivity contribution in [2.24, 2.45) is 5.92 Å². The average Bonchev–Trinajstić information content (AvgIpc) is 2.99. The Balaban J connectivity index is 2.03. The van der Waals surface area contributed by atoms with E-state index in [0.29, 0.717) is 6.61 Å². The highest BCUT2D eigenvalue weighted by molar-refractivity contribution is 5.75. The maximum absolute atomic E-state index is 10.7. The van der Waals surface area contributed by atoms with E-state index in [1.165, 1.54) is 0 Å². The second-order valence-electron chi connectivity index (χ2n) is 3.96. The highest BCUT2D eigenvalue weighted by Gasteiger charge is 2.43. The maximum atomic E-state index is 10.7. The van der Waals surface area contributed by atoms with Crippen LogP contribution in [0, 0.1) is 5.92 Å². The first kappa shape index (κ1) is 10.2. The van der Waals surface area contributed by atoms with Crippen LogP contribution in [-0.4, -0.2) is 18.2 Å². The van der Waals surface area contributed by atoms with Crippen LogP contribution in [0.15, 0.2) is 24.3 Å². The molecule has 2 unspecified atom stereocenters.